The highest BCUT2D eigenvalue weighted by atomic mass is 19.4. The molecule has 1 saturated heterocycles. The molecular formula is C18H17F4N5O3. The Bertz CT molecular complexity index is 1090. The molecule has 0 radical (unpaired) electrons. The molecule has 1 N–H and O–H groups in total. The number of carbonyl (C=O) groups is 1. The van der Waals surface area contributed by atoms with Gasteiger partial charge in [0.25, 0.3) is 5.95 Å². The van der Waals surface area contributed by atoms with E-state index >= 15 is 0 Å². The van der Waals surface area contributed by atoms with Crippen molar-refractivity contribution in [3.05, 3.63) is 29.5 Å². The molecule has 160 valence electrons. The van der Waals surface area contributed by atoms with Gasteiger partial charge in [0.2, 0.25) is 5.89 Å². The second-order valence-electron chi connectivity index (χ2n) is 6.92. The SMILES string of the molecule is CCc1nn(-c2noc(C[C@@H]3CCNC3)n2)c2c(F)ccc(OC(=O)C(F)(F)F)c12. The van der Waals surface area contributed by atoms with Gasteiger partial charge in [-0.15, -0.1) is 0 Å². The first-order valence-corrected chi connectivity index (χ1v) is 9.30. The molecule has 2 aromatic heterocycles. The number of hydrogen-bond donors (Lipinski definition) is 1. The largest absolute Gasteiger partial charge is 0.491 e. The standard InChI is InChI=1S/C18H17F4N5O3/c1-2-11-14-12(29-16(28)18(20,21)22)4-3-10(19)15(14)27(25-11)17-24-13(30-26-17)7-9-5-6-23-8-9/h3-4,9,23H,2,5-8H2,1H3/t9-/m0/s1. The summed E-state index contributed by atoms with van der Waals surface area (Å²) in [6, 6.07) is 1.85. The fraction of sp³-hybridized carbons (Fsp3) is 0.444. The number of halogens is 4. The van der Waals surface area contributed by atoms with Crippen LogP contribution in [0.1, 0.15) is 24.9 Å². The quantitative estimate of drug-likeness (QED) is 0.380. The predicted octanol–water partition coefficient (Wildman–Crippen LogP) is 2.73. The van der Waals surface area contributed by atoms with Gasteiger partial charge >= 0.3 is 12.1 Å². The number of rotatable bonds is 5. The highest BCUT2D eigenvalue weighted by molar-refractivity contribution is 5.92. The Labute approximate surface area is 167 Å². The Hall–Kier alpha value is -3.02. The van der Waals surface area contributed by atoms with E-state index in [0.29, 0.717) is 18.2 Å². The molecule has 4 rings (SSSR count). The number of benzene rings is 1. The van der Waals surface area contributed by atoms with E-state index in [2.05, 4.69) is 25.3 Å². The lowest BCUT2D eigenvalue weighted by molar-refractivity contribution is -0.189. The first kappa shape index (κ1) is 20.3. The summed E-state index contributed by atoms with van der Waals surface area (Å²) < 4.78 is 63.3. The molecule has 1 aromatic carbocycles. The molecule has 0 saturated carbocycles. The molecule has 0 bridgehead atoms. The number of fused-ring (bicyclic) bond motifs is 1. The highest BCUT2D eigenvalue weighted by Crippen LogP contribution is 2.34. The van der Waals surface area contributed by atoms with Crippen molar-refractivity contribution in [1.82, 2.24) is 25.2 Å². The lowest BCUT2D eigenvalue weighted by Crippen LogP contribution is -2.28. The van der Waals surface area contributed by atoms with Crippen molar-refractivity contribution in [2.75, 3.05) is 13.1 Å². The Balaban J connectivity index is 1.75. The van der Waals surface area contributed by atoms with Crippen molar-refractivity contribution in [2.45, 2.75) is 32.4 Å². The molecule has 12 heteroatoms. The number of aryl methyl sites for hydroxylation is 1. The van der Waals surface area contributed by atoms with Crippen molar-refractivity contribution in [3.63, 3.8) is 0 Å². The minimum Gasteiger partial charge on any atom is -0.419 e. The molecule has 8 nitrogen and oxygen atoms in total. The fourth-order valence-electron chi connectivity index (χ4n) is 3.44. The number of ether oxygens (including phenoxy) is 1. The molecule has 0 unspecified atom stereocenters. The van der Waals surface area contributed by atoms with Gasteiger partial charge in [-0.3, -0.25) is 0 Å². The van der Waals surface area contributed by atoms with Crippen LogP contribution in [0.15, 0.2) is 16.7 Å². The third-order valence-electron chi connectivity index (χ3n) is 4.85. The summed E-state index contributed by atoms with van der Waals surface area (Å²) in [5.74, 6) is -3.01. The molecule has 1 aliphatic heterocycles. The number of carbonyl (C=O) groups excluding carboxylic acids is 1. The average molecular weight is 427 g/mol. The fourth-order valence-corrected chi connectivity index (χ4v) is 3.44. The summed E-state index contributed by atoms with van der Waals surface area (Å²) in [7, 11) is 0. The van der Waals surface area contributed by atoms with Gasteiger partial charge in [0.15, 0.2) is 0 Å². The second kappa shape index (κ2) is 7.67. The van der Waals surface area contributed by atoms with Crippen LogP contribution in [0.2, 0.25) is 0 Å². The van der Waals surface area contributed by atoms with Crippen molar-refractivity contribution in [1.29, 1.82) is 0 Å². The molecule has 3 heterocycles. The second-order valence-corrected chi connectivity index (χ2v) is 6.92. The Kier molecular flexibility index (Phi) is 5.18. The lowest BCUT2D eigenvalue weighted by atomic mass is 10.1. The molecule has 3 aromatic rings. The topological polar surface area (TPSA) is 95.1 Å². The van der Waals surface area contributed by atoms with E-state index < -0.39 is 23.7 Å². The summed E-state index contributed by atoms with van der Waals surface area (Å²) in [6.07, 6.45) is -3.45. The molecule has 0 aliphatic carbocycles. The van der Waals surface area contributed by atoms with E-state index in [9.17, 15) is 22.4 Å². The van der Waals surface area contributed by atoms with E-state index in [4.69, 9.17) is 4.52 Å². The predicted molar refractivity (Wildman–Crippen MR) is 94.6 cm³/mol. The summed E-state index contributed by atoms with van der Waals surface area (Å²) >= 11 is 0. The molecular weight excluding hydrogens is 410 g/mol. The smallest absolute Gasteiger partial charge is 0.419 e. The number of aromatic nitrogens is 4. The van der Waals surface area contributed by atoms with Crippen LogP contribution in [0.5, 0.6) is 5.75 Å². The van der Waals surface area contributed by atoms with Gasteiger partial charge in [0.05, 0.1) is 11.1 Å². The Morgan fingerprint density at radius 1 is 1.40 bits per heavy atom. The molecule has 0 spiro atoms. The molecule has 1 aliphatic rings. The zero-order valence-corrected chi connectivity index (χ0v) is 15.8. The van der Waals surface area contributed by atoms with Gasteiger partial charge in [0.1, 0.15) is 17.1 Å². The van der Waals surface area contributed by atoms with Crippen molar-refractivity contribution < 1.29 is 31.6 Å². The average Bonchev–Trinajstić information content (AvgIpc) is 3.43. The van der Waals surface area contributed by atoms with Crippen molar-refractivity contribution in [3.8, 4) is 11.7 Å². The summed E-state index contributed by atoms with van der Waals surface area (Å²) in [5, 5.41) is 11.2. The maximum atomic E-state index is 14.6. The van der Waals surface area contributed by atoms with E-state index in [1.54, 1.807) is 6.92 Å². The van der Waals surface area contributed by atoms with E-state index in [0.717, 1.165) is 36.3 Å². The van der Waals surface area contributed by atoms with Gasteiger partial charge in [-0.2, -0.15) is 27.9 Å². The van der Waals surface area contributed by atoms with Crippen LogP contribution in [0, 0.1) is 11.7 Å². The Morgan fingerprint density at radius 2 is 2.20 bits per heavy atom. The monoisotopic (exact) mass is 427 g/mol. The van der Waals surface area contributed by atoms with Crippen LogP contribution < -0.4 is 10.1 Å². The van der Waals surface area contributed by atoms with Crippen molar-refractivity contribution >= 4 is 16.9 Å². The van der Waals surface area contributed by atoms with E-state index in [-0.39, 0.29) is 29.0 Å². The first-order chi connectivity index (χ1) is 14.3. The zero-order chi connectivity index (χ0) is 21.5. The first-order valence-electron chi connectivity index (χ1n) is 9.30. The zero-order valence-electron chi connectivity index (χ0n) is 15.8. The van der Waals surface area contributed by atoms with Crippen LogP contribution in [0.25, 0.3) is 16.9 Å². The molecule has 1 fully saturated rings. The normalized spacial score (nSPS) is 17.0. The third-order valence-corrected chi connectivity index (χ3v) is 4.85. The Morgan fingerprint density at radius 3 is 2.87 bits per heavy atom. The van der Waals surface area contributed by atoms with Gasteiger partial charge in [-0.1, -0.05) is 6.92 Å². The van der Waals surface area contributed by atoms with E-state index in [1.807, 2.05) is 0 Å². The number of hydrogen-bond acceptors (Lipinski definition) is 7. The maximum absolute atomic E-state index is 14.6. The lowest BCUT2D eigenvalue weighted by Gasteiger charge is -2.09. The van der Waals surface area contributed by atoms with Crippen LogP contribution in [0.3, 0.4) is 0 Å². The number of nitrogens with zero attached hydrogens (tertiary/aromatic N) is 4. The molecule has 1 atom stereocenters. The van der Waals surface area contributed by atoms with Gasteiger partial charge in [-0.25, -0.2) is 9.18 Å². The summed E-state index contributed by atoms with van der Waals surface area (Å²) in [4.78, 5) is 15.5. The minimum atomic E-state index is -5.19. The number of alkyl halides is 3. The van der Waals surface area contributed by atoms with Crippen LogP contribution in [-0.4, -0.2) is 45.2 Å². The maximum Gasteiger partial charge on any atom is 0.491 e. The highest BCUT2D eigenvalue weighted by Gasteiger charge is 2.42. The van der Waals surface area contributed by atoms with Gasteiger partial charge in [-0.05, 0) is 49.1 Å². The van der Waals surface area contributed by atoms with Crippen LogP contribution in [-0.2, 0) is 17.6 Å². The van der Waals surface area contributed by atoms with E-state index in [1.165, 1.54) is 0 Å². The minimum absolute atomic E-state index is 0.0542. The number of nitrogens with one attached hydrogen (secondary N) is 1. The van der Waals surface area contributed by atoms with Crippen LogP contribution in [0.4, 0.5) is 17.6 Å². The van der Waals surface area contributed by atoms with Gasteiger partial charge < -0.3 is 14.6 Å². The summed E-state index contributed by atoms with van der Waals surface area (Å²) in [6.45, 7) is 3.41. The molecule has 30 heavy (non-hydrogen) atoms. The van der Waals surface area contributed by atoms with Crippen molar-refractivity contribution in [2.24, 2.45) is 5.92 Å². The van der Waals surface area contributed by atoms with Crippen LogP contribution >= 0.6 is 0 Å². The number of esters is 1. The third kappa shape index (κ3) is 3.74. The summed E-state index contributed by atoms with van der Waals surface area (Å²) in [5.41, 5.74) is 0.0232. The molecule has 0 amide bonds. The van der Waals surface area contributed by atoms with Gasteiger partial charge in [0, 0.05) is 6.42 Å².